The van der Waals surface area contributed by atoms with Gasteiger partial charge in [-0.2, -0.15) is 0 Å². The smallest absolute Gasteiger partial charge is 0.178 e. The molecule has 0 N–H and O–H groups in total. The Bertz CT molecular complexity index is 483. The monoisotopic (exact) mass is 300 g/mol. The van der Waals surface area contributed by atoms with Crippen LogP contribution in [0, 0.1) is 5.82 Å². The second-order valence-corrected chi connectivity index (χ2v) is 7.36. The van der Waals surface area contributed by atoms with Crippen LogP contribution in [0.3, 0.4) is 0 Å². The van der Waals surface area contributed by atoms with Gasteiger partial charge < -0.3 is 0 Å². The molecule has 2 nitrogen and oxygen atoms in total. The lowest BCUT2D eigenvalue weighted by molar-refractivity contribution is 0.571. The highest BCUT2D eigenvalue weighted by molar-refractivity contribution is 7.91. The van der Waals surface area contributed by atoms with Crippen molar-refractivity contribution in [2.45, 2.75) is 63.2 Å². The number of benzene rings is 1. The van der Waals surface area contributed by atoms with Crippen molar-refractivity contribution >= 4 is 9.84 Å². The number of rotatable bonds is 10. The van der Waals surface area contributed by atoms with Crippen LogP contribution in [0.5, 0.6) is 0 Å². The van der Waals surface area contributed by atoms with E-state index in [9.17, 15) is 12.8 Å². The third kappa shape index (κ3) is 6.51. The van der Waals surface area contributed by atoms with Crippen molar-refractivity contribution < 1.29 is 12.8 Å². The maximum Gasteiger partial charge on any atom is 0.178 e. The molecule has 1 aromatic carbocycles. The maximum atomic E-state index is 13.0. The Kier molecular flexibility index (Phi) is 7.82. The van der Waals surface area contributed by atoms with Crippen LogP contribution >= 0.6 is 0 Å². The van der Waals surface area contributed by atoms with E-state index in [4.69, 9.17) is 0 Å². The summed E-state index contributed by atoms with van der Waals surface area (Å²) in [4.78, 5) is 0.0976. The fourth-order valence-corrected chi connectivity index (χ4v) is 3.60. The largest absolute Gasteiger partial charge is 0.224 e. The van der Waals surface area contributed by atoms with Crippen molar-refractivity contribution in [3.8, 4) is 0 Å². The van der Waals surface area contributed by atoms with E-state index in [-0.39, 0.29) is 10.6 Å². The standard InChI is InChI=1S/C16H25FO2S/c1-2-3-4-5-6-7-8-9-13-20(18,19)16-12-10-11-15(17)14-16/h10-12,14H,2-9,13H2,1H3. The molecule has 20 heavy (non-hydrogen) atoms. The first-order valence-electron chi connectivity index (χ1n) is 7.54. The Morgan fingerprint density at radius 2 is 1.55 bits per heavy atom. The van der Waals surface area contributed by atoms with Crippen LogP contribution in [0.25, 0.3) is 0 Å². The van der Waals surface area contributed by atoms with Crippen molar-refractivity contribution in [1.82, 2.24) is 0 Å². The number of hydrogen-bond donors (Lipinski definition) is 0. The average Bonchev–Trinajstić information content (AvgIpc) is 2.42. The molecule has 0 amide bonds. The van der Waals surface area contributed by atoms with Crippen LogP contribution in [0.15, 0.2) is 29.2 Å². The van der Waals surface area contributed by atoms with Gasteiger partial charge in [0.1, 0.15) is 5.82 Å². The fraction of sp³-hybridized carbons (Fsp3) is 0.625. The lowest BCUT2D eigenvalue weighted by atomic mass is 10.1. The van der Waals surface area contributed by atoms with E-state index < -0.39 is 15.7 Å². The quantitative estimate of drug-likeness (QED) is 0.585. The number of sulfone groups is 1. The van der Waals surface area contributed by atoms with Gasteiger partial charge in [-0.05, 0) is 24.6 Å². The minimum absolute atomic E-state index is 0.0976. The predicted octanol–water partition coefficient (Wildman–Crippen LogP) is 4.74. The van der Waals surface area contributed by atoms with Gasteiger partial charge in [-0.25, -0.2) is 12.8 Å². The molecule has 0 aliphatic rings. The van der Waals surface area contributed by atoms with E-state index in [0.29, 0.717) is 6.42 Å². The first-order chi connectivity index (χ1) is 9.56. The van der Waals surface area contributed by atoms with Crippen molar-refractivity contribution in [2.75, 3.05) is 5.75 Å². The molecule has 0 aliphatic heterocycles. The summed E-state index contributed by atoms with van der Waals surface area (Å²) in [6.07, 6.45) is 8.90. The summed E-state index contributed by atoms with van der Waals surface area (Å²) in [5.74, 6) is -0.382. The number of halogens is 1. The highest BCUT2D eigenvalue weighted by Crippen LogP contribution is 2.15. The third-order valence-corrected chi connectivity index (χ3v) is 5.22. The topological polar surface area (TPSA) is 34.1 Å². The lowest BCUT2D eigenvalue weighted by Crippen LogP contribution is -2.07. The molecule has 0 bridgehead atoms. The van der Waals surface area contributed by atoms with E-state index in [1.54, 1.807) is 0 Å². The van der Waals surface area contributed by atoms with Crippen LogP contribution in [0.4, 0.5) is 4.39 Å². The molecule has 0 spiro atoms. The third-order valence-electron chi connectivity index (χ3n) is 3.42. The summed E-state index contributed by atoms with van der Waals surface area (Å²) in [5.41, 5.74) is 0. The van der Waals surface area contributed by atoms with Crippen molar-refractivity contribution in [3.63, 3.8) is 0 Å². The van der Waals surface area contributed by atoms with Gasteiger partial charge in [-0.3, -0.25) is 0 Å². The van der Waals surface area contributed by atoms with Gasteiger partial charge in [0, 0.05) is 0 Å². The molecule has 0 atom stereocenters. The molecule has 0 radical (unpaired) electrons. The minimum atomic E-state index is -3.32. The van der Waals surface area contributed by atoms with Crippen molar-refractivity contribution in [3.05, 3.63) is 30.1 Å². The molecular formula is C16H25FO2S. The minimum Gasteiger partial charge on any atom is -0.224 e. The summed E-state index contributed by atoms with van der Waals surface area (Å²) >= 11 is 0. The second-order valence-electron chi connectivity index (χ2n) is 5.25. The predicted molar refractivity (Wildman–Crippen MR) is 81.1 cm³/mol. The summed E-state index contributed by atoms with van der Waals surface area (Å²) in [6.45, 7) is 2.19. The van der Waals surface area contributed by atoms with Crippen molar-refractivity contribution in [1.29, 1.82) is 0 Å². The Balaban J connectivity index is 2.24. The van der Waals surface area contributed by atoms with Crippen LogP contribution in [0.2, 0.25) is 0 Å². The summed E-state index contributed by atoms with van der Waals surface area (Å²) in [5, 5.41) is 0. The van der Waals surface area contributed by atoms with Gasteiger partial charge in [0.05, 0.1) is 10.6 Å². The van der Waals surface area contributed by atoms with E-state index in [0.717, 1.165) is 18.9 Å². The molecule has 0 fully saturated rings. The first kappa shape index (κ1) is 17.2. The summed E-state index contributed by atoms with van der Waals surface area (Å²) < 4.78 is 37.0. The summed E-state index contributed by atoms with van der Waals surface area (Å²) in [7, 11) is -3.32. The van der Waals surface area contributed by atoms with E-state index >= 15 is 0 Å². The molecule has 0 unspecified atom stereocenters. The molecule has 1 rings (SSSR count). The molecule has 0 saturated heterocycles. The molecule has 0 heterocycles. The van der Waals surface area contributed by atoms with E-state index in [1.165, 1.54) is 50.3 Å². The Morgan fingerprint density at radius 3 is 2.15 bits per heavy atom. The average molecular weight is 300 g/mol. The van der Waals surface area contributed by atoms with E-state index in [1.807, 2.05) is 0 Å². The van der Waals surface area contributed by atoms with E-state index in [2.05, 4.69) is 6.92 Å². The molecule has 0 aromatic heterocycles. The van der Waals surface area contributed by atoms with Crippen LogP contribution in [0.1, 0.15) is 58.3 Å². The highest BCUT2D eigenvalue weighted by atomic mass is 32.2. The van der Waals surface area contributed by atoms with Crippen molar-refractivity contribution in [2.24, 2.45) is 0 Å². The molecule has 114 valence electrons. The van der Waals surface area contributed by atoms with Crippen LogP contribution < -0.4 is 0 Å². The zero-order chi connectivity index (χ0) is 14.8. The number of hydrogen-bond acceptors (Lipinski definition) is 2. The van der Waals surface area contributed by atoms with Crippen LogP contribution in [-0.4, -0.2) is 14.2 Å². The zero-order valence-electron chi connectivity index (χ0n) is 12.3. The van der Waals surface area contributed by atoms with Gasteiger partial charge in [0.2, 0.25) is 0 Å². The van der Waals surface area contributed by atoms with Gasteiger partial charge in [0.15, 0.2) is 9.84 Å². The molecular weight excluding hydrogens is 275 g/mol. The molecule has 0 aliphatic carbocycles. The summed E-state index contributed by atoms with van der Waals surface area (Å²) in [6, 6.07) is 5.26. The van der Waals surface area contributed by atoms with Gasteiger partial charge in [0.25, 0.3) is 0 Å². The molecule has 4 heteroatoms. The van der Waals surface area contributed by atoms with Gasteiger partial charge in [-0.1, -0.05) is 57.9 Å². The fourth-order valence-electron chi connectivity index (χ4n) is 2.20. The first-order valence-corrected chi connectivity index (χ1v) is 9.20. The number of unbranched alkanes of at least 4 members (excludes halogenated alkanes) is 7. The maximum absolute atomic E-state index is 13.0. The normalized spacial score (nSPS) is 11.7. The Labute approximate surface area is 122 Å². The molecule has 0 saturated carbocycles. The lowest BCUT2D eigenvalue weighted by Gasteiger charge is -2.05. The zero-order valence-corrected chi connectivity index (χ0v) is 13.1. The van der Waals surface area contributed by atoms with Gasteiger partial charge >= 0.3 is 0 Å². The Morgan fingerprint density at radius 1 is 0.950 bits per heavy atom. The Hall–Kier alpha value is -0.900. The van der Waals surface area contributed by atoms with Crippen LogP contribution in [-0.2, 0) is 9.84 Å². The SMILES string of the molecule is CCCCCCCCCCS(=O)(=O)c1cccc(F)c1. The van der Waals surface area contributed by atoms with Gasteiger partial charge in [-0.15, -0.1) is 0 Å². The highest BCUT2D eigenvalue weighted by Gasteiger charge is 2.14. The molecule has 1 aromatic rings. The second kappa shape index (κ2) is 9.11.